The Morgan fingerprint density at radius 1 is 1.35 bits per heavy atom. The van der Waals surface area contributed by atoms with E-state index in [1.807, 2.05) is 31.0 Å². The maximum Gasteiger partial charge on any atom is 0.119 e. The van der Waals surface area contributed by atoms with Crippen molar-refractivity contribution in [3.63, 3.8) is 0 Å². The van der Waals surface area contributed by atoms with Crippen LogP contribution in [0.25, 0.3) is 11.3 Å². The fraction of sp³-hybridized carbons (Fsp3) is 0.500. The summed E-state index contributed by atoms with van der Waals surface area (Å²) in [5, 5.41) is 8.88. The molecule has 1 unspecified atom stereocenters. The lowest BCUT2D eigenvalue weighted by molar-refractivity contribution is 0.479. The third kappa shape index (κ3) is 2.05. The van der Waals surface area contributed by atoms with Crippen LogP contribution in [0, 0.1) is 6.92 Å². The Labute approximate surface area is 101 Å². The predicted molar refractivity (Wildman–Crippen MR) is 68.6 cm³/mol. The van der Waals surface area contributed by atoms with Gasteiger partial charge in [0.25, 0.3) is 0 Å². The van der Waals surface area contributed by atoms with Crippen molar-refractivity contribution in [2.45, 2.75) is 33.2 Å². The molecule has 2 rings (SSSR count). The quantitative estimate of drug-likeness (QED) is 0.883. The van der Waals surface area contributed by atoms with Crippen molar-refractivity contribution >= 4 is 5.69 Å². The van der Waals surface area contributed by atoms with E-state index in [0.29, 0.717) is 11.7 Å². The Hall–Kier alpha value is -1.78. The monoisotopic (exact) mass is 233 g/mol. The molecule has 2 heterocycles. The molecular formula is C12H19N5. The lowest BCUT2D eigenvalue weighted by atomic mass is 10.2. The van der Waals surface area contributed by atoms with Gasteiger partial charge >= 0.3 is 0 Å². The van der Waals surface area contributed by atoms with Crippen molar-refractivity contribution in [2.24, 2.45) is 7.05 Å². The first-order valence-corrected chi connectivity index (χ1v) is 5.88. The zero-order chi connectivity index (χ0) is 12.6. The van der Waals surface area contributed by atoms with E-state index in [2.05, 4.69) is 24.0 Å². The highest BCUT2D eigenvalue weighted by Crippen LogP contribution is 2.27. The largest absolute Gasteiger partial charge is 0.396 e. The highest BCUT2D eigenvalue weighted by Gasteiger charge is 2.15. The van der Waals surface area contributed by atoms with Crippen LogP contribution in [0.2, 0.25) is 0 Å². The van der Waals surface area contributed by atoms with Crippen molar-refractivity contribution < 1.29 is 0 Å². The van der Waals surface area contributed by atoms with Crippen molar-refractivity contribution in [1.29, 1.82) is 0 Å². The summed E-state index contributed by atoms with van der Waals surface area (Å²) < 4.78 is 3.71. The Kier molecular flexibility index (Phi) is 2.92. The zero-order valence-corrected chi connectivity index (χ0v) is 10.8. The topological polar surface area (TPSA) is 61.7 Å². The van der Waals surface area contributed by atoms with Crippen molar-refractivity contribution in [3.05, 3.63) is 18.1 Å². The Bertz CT molecular complexity index is 523. The molecule has 0 aliphatic carbocycles. The molecule has 0 aliphatic heterocycles. The summed E-state index contributed by atoms with van der Waals surface area (Å²) in [6, 6.07) is 0.364. The minimum atomic E-state index is 0.364. The van der Waals surface area contributed by atoms with Crippen LogP contribution in [0.5, 0.6) is 0 Å². The molecule has 0 fully saturated rings. The SMILES string of the molecule is CCC(C)n1cc(N)c(-c2cn(C)nc2C)n1. The van der Waals surface area contributed by atoms with Crippen molar-refractivity contribution in [1.82, 2.24) is 19.6 Å². The highest BCUT2D eigenvalue weighted by molar-refractivity contribution is 5.73. The highest BCUT2D eigenvalue weighted by atomic mass is 15.3. The predicted octanol–water partition coefficient (Wildman–Crippen LogP) is 2.15. The van der Waals surface area contributed by atoms with Gasteiger partial charge in [0.1, 0.15) is 5.69 Å². The molecular weight excluding hydrogens is 214 g/mol. The summed E-state index contributed by atoms with van der Waals surface area (Å²) in [6.45, 7) is 6.24. The molecule has 0 aromatic carbocycles. The van der Waals surface area contributed by atoms with Crippen LogP contribution < -0.4 is 5.73 Å². The van der Waals surface area contributed by atoms with Gasteiger partial charge < -0.3 is 5.73 Å². The molecule has 5 heteroatoms. The van der Waals surface area contributed by atoms with E-state index in [1.165, 1.54) is 0 Å². The van der Waals surface area contributed by atoms with Gasteiger partial charge in [-0.25, -0.2) is 0 Å². The van der Waals surface area contributed by atoms with Crippen LogP contribution in [0.4, 0.5) is 5.69 Å². The maximum atomic E-state index is 6.02. The van der Waals surface area contributed by atoms with Gasteiger partial charge in [0.2, 0.25) is 0 Å². The van der Waals surface area contributed by atoms with Gasteiger partial charge in [-0.3, -0.25) is 9.36 Å². The molecule has 0 amide bonds. The molecule has 1 atom stereocenters. The molecule has 0 aliphatic rings. The van der Waals surface area contributed by atoms with E-state index in [0.717, 1.165) is 23.4 Å². The summed E-state index contributed by atoms with van der Waals surface area (Å²) in [5.74, 6) is 0. The molecule has 2 aromatic heterocycles. The van der Waals surface area contributed by atoms with Gasteiger partial charge in [-0.2, -0.15) is 10.2 Å². The van der Waals surface area contributed by atoms with Gasteiger partial charge in [-0.1, -0.05) is 6.92 Å². The minimum absolute atomic E-state index is 0.364. The second kappa shape index (κ2) is 4.24. The summed E-state index contributed by atoms with van der Waals surface area (Å²) in [5.41, 5.74) is 9.52. The van der Waals surface area contributed by atoms with Crippen LogP contribution in [0.15, 0.2) is 12.4 Å². The first-order valence-electron chi connectivity index (χ1n) is 5.88. The zero-order valence-electron chi connectivity index (χ0n) is 10.8. The van der Waals surface area contributed by atoms with Crippen LogP contribution >= 0.6 is 0 Å². The lowest BCUT2D eigenvalue weighted by Crippen LogP contribution is -2.04. The van der Waals surface area contributed by atoms with E-state index in [1.54, 1.807) is 4.68 Å². The number of anilines is 1. The first kappa shape index (κ1) is 11.7. The van der Waals surface area contributed by atoms with E-state index in [4.69, 9.17) is 5.73 Å². The number of aromatic nitrogens is 4. The van der Waals surface area contributed by atoms with Gasteiger partial charge in [-0.05, 0) is 20.3 Å². The van der Waals surface area contributed by atoms with Crippen LogP contribution in [0.1, 0.15) is 32.0 Å². The number of rotatable bonds is 3. The van der Waals surface area contributed by atoms with Gasteiger partial charge in [-0.15, -0.1) is 0 Å². The molecule has 0 radical (unpaired) electrons. The standard InChI is InChI=1S/C12H19N5/c1-5-8(2)17-7-11(13)12(15-17)10-6-16(4)14-9(10)3/h6-8H,5,13H2,1-4H3. The molecule has 5 nitrogen and oxygen atoms in total. The van der Waals surface area contributed by atoms with Gasteiger partial charge in [0.15, 0.2) is 0 Å². The average molecular weight is 233 g/mol. The molecule has 0 saturated carbocycles. The first-order chi connectivity index (χ1) is 8.02. The number of nitrogens with zero attached hydrogens (tertiary/aromatic N) is 4. The normalized spacial score (nSPS) is 12.9. The molecule has 0 spiro atoms. The van der Waals surface area contributed by atoms with Crippen LogP contribution in [0.3, 0.4) is 0 Å². The fourth-order valence-corrected chi connectivity index (χ4v) is 1.86. The van der Waals surface area contributed by atoms with Crippen molar-refractivity contribution in [2.75, 3.05) is 5.73 Å². The molecule has 0 bridgehead atoms. The molecule has 2 N–H and O–H groups in total. The number of nitrogens with two attached hydrogens (primary N) is 1. The molecule has 0 saturated heterocycles. The smallest absolute Gasteiger partial charge is 0.119 e. The minimum Gasteiger partial charge on any atom is -0.396 e. The third-order valence-electron chi connectivity index (χ3n) is 3.07. The van der Waals surface area contributed by atoms with E-state index in [-0.39, 0.29) is 0 Å². The average Bonchev–Trinajstić information content (AvgIpc) is 2.80. The molecule has 92 valence electrons. The number of nitrogen functional groups attached to an aromatic ring is 1. The summed E-state index contributed by atoms with van der Waals surface area (Å²) in [4.78, 5) is 0. The van der Waals surface area contributed by atoms with Gasteiger partial charge in [0.05, 0.1) is 11.4 Å². The Morgan fingerprint density at radius 3 is 2.59 bits per heavy atom. The second-order valence-electron chi connectivity index (χ2n) is 4.47. The number of hydrogen-bond acceptors (Lipinski definition) is 3. The second-order valence-corrected chi connectivity index (χ2v) is 4.47. The molecule has 2 aromatic rings. The lowest BCUT2D eigenvalue weighted by Gasteiger charge is -2.07. The van der Waals surface area contributed by atoms with E-state index in [9.17, 15) is 0 Å². The van der Waals surface area contributed by atoms with Crippen LogP contribution in [-0.2, 0) is 7.05 Å². The summed E-state index contributed by atoms with van der Waals surface area (Å²) in [7, 11) is 1.90. The van der Waals surface area contributed by atoms with Crippen LogP contribution in [-0.4, -0.2) is 19.6 Å². The van der Waals surface area contributed by atoms with Crippen molar-refractivity contribution in [3.8, 4) is 11.3 Å². The Morgan fingerprint density at radius 2 is 2.06 bits per heavy atom. The third-order valence-corrected chi connectivity index (χ3v) is 3.07. The van der Waals surface area contributed by atoms with E-state index < -0.39 is 0 Å². The molecule has 17 heavy (non-hydrogen) atoms. The number of aryl methyl sites for hydroxylation is 2. The summed E-state index contributed by atoms with van der Waals surface area (Å²) >= 11 is 0. The maximum absolute atomic E-state index is 6.02. The van der Waals surface area contributed by atoms with Gasteiger partial charge in [0, 0.05) is 31.0 Å². The fourth-order valence-electron chi connectivity index (χ4n) is 1.86. The summed E-state index contributed by atoms with van der Waals surface area (Å²) in [6.07, 6.45) is 4.89. The van der Waals surface area contributed by atoms with E-state index >= 15 is 0 Å². The Balaban J connectivity index is 2.46. The number of hydrogen-bond donors (Lipinski definition) is 1.